The van der Waals surface area contributed by atoms with Crippen LogP contribution in [-0.2, 0) is 16.4 Å². The van der Waals surface area contributed by atoms with Crippen LogP contribution in [0.1, 0.15) is 11.1 Å². The van der Waals surface area contributed by atoms with Crippen LogP contribution in [0.4, 0.5) is 18.9 Å². The lowest BCUT2D eigenvalue weighted by molar-refractivity contribution is -0.136. The number of hydrogen-bond donors (Lipinski definition) is 2. The standard InChI is InChI=1S/C8H6F3N3O2S/c9-8(10,11)6-3-5(4-12)1-2-7(6)14-17(13,15)16/h1-3,14H,(H2,13,15,16). The number of nitrogens with zero attached hydrogens (tertiary/aromatic N) is 1. The molecule has 1 rings (SSSR count). The third-order valence-electron chi connectivity index (χ3n) is 1.71. The van der Waals surface area contributed by atoms with Crippen LogP contribution in [0.25, 0.3) is 0 Å². The zero-order valence-electron chi connectivity index (χ0n) is 8.12. The monoisotopic (exact) mass is 265 g/mol. The molecule has 0 atom stereocenters. The third kappa shape index (κ3) is 3.61. The van der Waals surface area contributed by atoms with Gasteiger partial charge in [0.05, 0.1) is 22.9 Å². The van der Waals surface area contributed by atoms with E-state index < -0.39 is 27.6 Å². The smallest absolute Gasteiger partial charge is 0.271 e. The van der Waals surface area contributed by atoms with Gasteiger partial charge in [-0.2, -0.15) is 26.9 Å². The van der Waals surface area contributed by atoms with Crippen molar-refractivity contribution < 1.29 is 21.6 Å². The van der Waals surface area contributed by atoms with Crippen molar-refractivity contribution in [3.8, 4) is 6.07 Å². The number of rotatable bonds is 2. The fraction of sp³-hybridized carbons (Fsp3) is 0.125. The molecular formula is C8H6F3N3O2S. The number of anilines is 1. The maximum atomic E-state index is 12.6. The summed E-state index contributed by atoms with van der Waals surface area (Å²) >= 11 is 0. The van der Waals surface area contributed by atoms with E-state index in [0.29, 0.717) is 6.07 Å². The van der Waals surface area contributed by atoms with E-state index in [0.717, 1.165) is 12.1 Å². The van der Waals surface area contributed by atoms with E-state index in [1.807, 2.05) is 0 Å². The first kappa shape index (κ1) is 13.3. The van der Waals surface area contributed by atoms with Crippen molar-refractivity contribution >= 4 is 15.9 Å². The van der Waals surface area contributed by atoms with Crippen LogP contribution in [0, 0.1) is 11.3 Å². The highest BCUT2D eigenvalue weighted by Gasteiger charge is 2.34. The molecular weight excluding hydrogens is 259 g/mol. The predicted molar refractivity (Wildman–Crippen MR) is 52.9 cm³/mol. The number of nitrogens with two attached hydrogens (primary N) is 1. The molecule has 0 saturated carbocycles. The Labute approximate surface area is 94.8 Å². The second kappa shape index (κ2) is 4.23. The fourth-order valence-electron chi connectivity index (χ4n) is 1.09. The molecule has 0 saturated heterocycles. The van der Waals surface area contributed by atoms with Crippen molar-refractivity contribution in [2.75, 3.05) is 4.72 Å². The summed E-state index contributed by atoms with van der Waals surface area (Å²) in [5.74, 6) is 0. The summed E-state index contributed by atoms with van der Waals surface area (Å²) in [6.07, 6.45) is -4.79. The minimum absolute atomic E-state index is 0.239. The minimum atomic E-state index is -4.79. The average molecular weight is 265 g/mol. The van der Waals surface area contributed by atoms with Crippen molar-refractivity contribution in [1.29, 1.82) is 5.26 Å². The van der Waals surface area contributed by atoms with Gasteiger partial charge in [-0.1, -0.05) is 0 Å². The van der Waals surface area contributed by atoms with E-state index in [1.165, 1.54) is 10.8 Å². The molecule has 1 aromatic rings. The van der Waals surface area contributed by atoms with Gasteiger partial charge in [-0.25, -0.2) is 5.14 Å². The first-order valence-corrected chi connectivity index (χ1v) is 5.60. The van der Waals surface area contributed by atoms with Gasteiger partial charge in [0, 0.05) is 0 Å². The summed E-state index contributed by atoms with van der Waals surface area (Å²) in [7, 11) is -4.31. The Kier molecular flexibility index (Phi) is 3.30. The predicted octanol–water partition coefficient (Wildman–Crippen LogP) is 1.19. The molecule has 0 fully saturated rings. The highest BCUT2D eigenvalue weighted by molar-refractivity contribution is 7.90. The van der Waals surface area contributed by atoms with Gasteiger partial charge < -0.3 is 0 Å². The number of benzene rings is 1. The van der Waals surface area contributed by atoms with Crippen LogP contribution in [0.2, 0.25) is 0 Å². The lowest BCUT2D eigenvalue weighted by atomic mass is 10.1. The van der Waals surface area contributed by atoms with Gasteiger partial charge in [-0.05, 0) is 18.2 Å². The van der Waals surface area contributed by atoms with E-state index in [1.54, 1.807) is 0 Å². The molecule has 0 aliphatic rings. The molecule has 0 bridgehead atoms. The molecule has 92 valence electrons. The lowest BCUT2D eigenvalue weighted by Gasteiger charge is -2.13. The van der Waals surface area contributed by atoms with E-state index in [4.69, 9.17) is 5.26 Å². The molecule has 0 amide bonds. The highest BCUT2D eigenvalue weighted by Crippen LogP contribution is 2.35. The third-order valence-corrected chi connectivity index (χ3v) is 2.21. The SMILES string of the molecule is N#Cc1ccc(NS(N)(=O)=O)c(C(F)(F)F)c1. The number of nitriles is 1. The topological polar surface area (TPSA) is 96.0 Å². The van der Waals surface area contributed by atoms with Crippen LogP contribution in [0.3, 0.4) is 0 Å². The van der Waals surface area contributed by atoms with Gasteiger partial charge in [0.15, 0.2) is 0 Å². The number of halogens is 3. The fourth-order valence-corrected chi connectivity index (χ4v) is 1.58. The summed E-state index contributed by atoms with van der Waals surface area (Å²) < 4.78 is 60.5. The molecule has 0 heterocycles. The van der Waals surface area contributed by atoms with Gasteiger partial charge in [0.2, 0.25) is 0 Å². The van der Waals surface area contributed by atoms with E-state index in [2.05, 4.69) is 5.14 Å². The molecule has 0 aromatic heterocycles. The molecule has 0 aliphatic heterocycles. The van der Waals surface area contributed by atoms with Crippen molar-refractivity contribution in [3.63, 3.8) is 0 Å². The first-order valence-electron chi connectivity index (χ1n) is 4.05. The Hall–Kier alpha value is -1.79. The van der Waals surface area contributed by atoms with Gasteiger partial charge in [-0.15, -0.1) is 0 Å². The largest absolute Gasteiger partial charge is 0.418 e. The molecule has 1 aromatic carbocycles. The van der Waals surface area contributed by atoms with Crippen molar-refractivity contribution in [2.24, 2.45) is 5.14 Å². The summed E-state index contributed by atoms with van der Waals surface area (Å²) in [4.78, 5) is 0. The van der Waals surface area contributed by atoms with Crippen LogP contribution >= 0.6 is 0 Å². The number of hydrogen-bond acceptors (Lipinski definition) is 3. The Morgan fingerprint density at radius 2 is 1.94 bits per heavy atom. The van der Waals surface area contributed by atoms with Gasteiger partial charge in [-0.3, -0.25) is 4.72 Å². The Bertz CT molecular complexity index is 575. The minimum Gasteiger partial charge on any atom is -0.271 e. The quantitative estimate of drug-likeness (QED) is 0.840. The van der Waals surface area contributed by atoms with Gasteiger partial charge >= 0.3 is 6.18 Å². The second-order valence-electron chi connectivity index (χ2n) is 3.02. The first-order chi connectivity index (χ1) is 7.63. The number of alkyl halides is 3. The van der Waals surface area contributed by atoms with Gasteiger partial charge in [0.25, 0.3) is 10.2 Å². The maximum Gasteiger partial charge on any atom is 0.418 e. The van der Waals surface area contributed by atoms with E-state index in [-0.39, 0.29) is 5.56 Å². The average Bonchev–Trinajstić information content (AvgIpc) is 2.14. The number of nitrogens with one attached hydrogen (secondary N) is 1. The van der Waals surface area contributed by atoms with Crippen molar-refractivity contribution in [1.82, 2.24) is 0 Å². The van der Waals surface area contributed by atoms with Gasteiger partial charge in [0.1, 0.15) is 0 Å². The molecule has 0 unspecified atom stereocenters. The van der Waals surface area contributed by atoms with Crippen LogP contribution < -0.4 is 9.86 Å². The Morgan fingerprint density at radius 3 is 2.35 bits per heavy atom. The summed E-state index contributed by atoms with van der Waals surface area (Å²) in [5.41, 5.74) is -2.23. The second-order valence-corrected chi connectivity index (χ2v) is 4.31. The van der Waals surface area contributed by atoms with Crippen molar-refractivity contribution in [2.45, 2.75) is 6.18 Å². The van der Waals surface area contributed by atoms with Crippen molar-refractivity contribution in [3.05, 3.63) is 29.3 Å². The van der Waals surface area contributed by atoms with E-state index >= 15 is 0 Å². The van der Waals surface area contributed by atoms with Crippen LogP contribution in [0.5, 0.6) is 0 Å². The van der Waals surface area contributed by atoms with Crippen LogP contribution in [-0.4, -0.2) is 8.42 Å². The molecule has 17 heavy (non-hydrogen) atoms. The summed E-state index contributed by atoms with van der Waals surface area (Å²) in [6, 6.07) is 3.93. The normalized spacial score (nSPS) is 11.9. The molecule has 0 radical (unpaired) electrons. The van der Waals surface area contributed by atoms with E-state index in [9.17, 15) is 21.6 Å². The molecule has 5 nitrogen and oxygen atoms in total. The zero-order chi connectivity index (χ0) is 13.3. The molecule has 0 spiro atoms. The molecule has 3 N–H and O–H groups in total. The lowest BCUT2D eigenvalue weighted by Crippen LogP contribution is -2.23. The highest BCUT2D eigenvalue weighted by atomic mass is 32.2. The Balaban J connectivity index is 3.37. The zero-order valence-corrected chi connectivity index (χ0v) is 8.93. The Morgan fingerprint density at radius 1 is 1.35 bits per heavy atom. The summed E-state index contributed by atoms with van der Waals surface area (Å²) in [6.45, 7) is 0. The molecule has 0 aliphatic carbocycles. The van der Waals surface area contributed by atoms with Crippen LogP contribution in [0.15, 0.2) is 18.2 Å². The summed E-state index contributed by atoms with van der Waals surface area (Å²) in [5, 5.41) is 13.0. The molecule has 9 heteroatoms. The maximum absolute atomic E-state index is 12.6.